The fourth-order valence-electron chi connectivity index (χ4n) is 2.68. The highest BCUT2D eigenvalue weighted by molar-refractivity contribution is 5.54. The van der Waals surface area contributed by atoms with Gasteiger partial charge in [-0.3, -0.25) is 0 Å². The number of anilines is 1. The van der Waals surface area contributed by atoms with Gasteiger partial charge in [0.2, 0.25) is 0 Å². The maximum absolute atomic E-state index is 9.99. The van der Waals surface area contributed by atoms with E-state index in [1.807, 2.05) is 19.1 Å². The summed E-state index contributed by atoms with van der Waals surface area (Å²) >= 11 is 0. The van der Waals surface area contributed by atoms with Crippen LogP contribution in [0.3, 0.4) is 0 Å². The van der Waals surface area contributed by atoms with Crippen LogP contribution in [-0.4, -0.2) is 18.2 Å². The van der Waals surface area contributed by atoms with E-state index in [1.165, 1.54) is 6.42 Å². The molecule has 2 rings (SSSR count). The molecule has 1 aliphatic rings. The second kappa shape index (κ2) is 5.19. The highest BCUT2D eigenvalue weighted by Crippen LogP contribution is 2.32. The molecule has 0 bridgehead atoms. The van der Waals surface area contributed by atoms with Crippen LogP contribution in [0.15, 0.2) is 18.2 Å². The summed E-state index contributed by atoms with van der Waals surface area (Å²) in [6, 6.07) is 5.74. The third-order valence-corrected chi connectivity index (χ3v) is 4.04. The molecular weight excluding hydrogens is 224 g/mol. The van der Waals surface area contributed by atoms with E-state index in [0.29, 0.717) is 5.75 Å². The number of nitrogens with zero attached hydrogens (tertiary/aromatic N) is 1. The lowest BCUT2D eigenvalue weighted by Crippen LogP contribution is -2.21. The van der Waals surface area contributed by atoms with E-state index >= 15 is 0 Å². The van der Waals surface area contributed by atoms with Crippen molar-refractivity contribution in [3.05, 3.63) is 23.8 Å². The maximum atomic E-state index is 9.99. The van der Waals surface area contributed by atoms with E-state index in [2.05, 4.69) is 24.8 Å². The Kier molecular flexibility index (Phi) is 3.81. The summed E-state index contributed by atoms with van der Waals surface area (Å²) in [5.74, 6) is 1.81. The Balaban J connectivity index is 2.13. The fourth-order valence-corrected chi connectivity index (χ4v) is 2.68. The molecule has 0 saturated carbocycles. The predicted molar refractivity (Wildman–Crippen MR) is 75.9 cm³/mol. The Bertz CT molecular complexity index is 415. The van der Waals surface area contributed by atoms with E-state index in [0.717, 1.165) is 36.2 Å². The summed E-state index contributed by atoms with van der Waals surface area (Å²) < 4.78 is 0. The van der Waals surface area contributed by atoms with Crippen LogP contribution in [0.2, 0.25) is 0 Å². The molecule has 1 fully saturated rings. The second-order valence-corrected chi connectivity index (χ2v) is 5.77. The molecule has 18 heavy (non-hydrogen) atoms. The van der Waals surface area contributed by atoms with Crippen molar-refractivity contribution in [3.63, 3.8) is 0 Å². The third-order valence-electron chi connectivity index (χ3n) is 4.04. The molecule has 1 saturated heterocycles. The van der Waals surface area contributed by atoms with Gasteiger partial charge in [0, 0.05) is 36.4 Å². The molecule has 3 heteroatoms. The minimum Gasteiger partial charge on any atom is -0.508 e. The average Bonchev–Trinajstić information content (AvgIpc) is 2.77. The molecule has 1 aromatic carbocycles. The van der Waals surface area contributed by atoms with E-state index in [9.17, 15) is 5.11 Å². The lowest BCUT2D eigenvalue weighted by molar-refractivity contribution is 0.422. The van der Waals surface area contributed by atoms with Crippen LogP contribution in [0.4, 0.5) is 5.69 Å². The smallest absolute Gasteiger partial charge is 0.122 e. The van der Waals surface area contributed by atoms with Crippen LogP contribution in [0.25, 0.3) is 0 Å². The number of aromatic hydroxyl groups is 1. The van der Waals surface area contributed by atoms with Crippen LogP contribution in [0.5, 0.6) is 5.75 Å². The van der Waals surface area contributed by atoms with Gasteiger partial charge in [-0.25, -0.2) is 0 Å². The van der Waals surface area contributed by atoms with Crippen molar-refractivity contribution in [1.29, 1.82) is 0 Å². The number of phenolic OH excluding ortho intramolecular Hbond substituents is 1. The molecular formula is C15H24N2O. The molecule has 100 valence electrons. The van der Waals surface area contributed by atoms with Crippen LogP contribution in [-0.2, 0) is 0 Å². The Hall–Kier alpha value is -1.22. The summed E-state index contributed by atoms with van der Waals surface area (Å²) in [4.78, 5) is 2.36. The van der Waals surface area contributed by atoms with Crippen LogP contribution >= 0.6 is 0 Å². The average molecular weight is 248 g/mol. The Morgan fingerprint density at radius 3 is 2.56 bits per heavy atom. The van der Waals surface area contributed by atoms with Gasteiger partial charge >= 0.3 is 0 Å². The maximum Gasteiger partial charge on any atom is 0.122 e. The number of hydrogen-bond donors (Lipinski definition) is 2. The van der Waals surface area contributed by atoms with Crippen molar-refractivity contribution in [1.82, 2.24) is 0 Å². The number of phenols is 1. The summed E-state index contributed by atoms with van der Waals surface area (Å²) in [5, 5.41) is 9.99. The second-order valence-electron chi connectivity index (χ2n) is 5.77. The van der Waals surface area contributed by atoms with E-state index < -0.39 is 0 Å². The minimum atomic E-state index is -0.124. The Labute approximate surface area is 110 Å². The zero-order chi connectivity index (χ0) is 13.3. The van der Waals surface area contributed by atoms with Crippen LogP contribution in [0, 0.1) is 11.8 Å². The molecule has 0 amide bonds. The van der Waals surface area contributed by atoms with E-state index in [-0.39, 0.29) is 6.04 Å². The van der Waals surface area contributed by atoms with Gasteiger partial charge in [-0.2, -0.15) is 0 Å². The topological polar surface area (TPSA) is 49.5 Å². The molecule has 0 radical (unpaired) electrons. The first-order valence-corrected chi connectivity index (χ1v) is 6.82. The minimum absolute atomic E-state index is 0.124. The molecule has 1 heterocycles. The van der Waals surface area contributed by atoms with Gasteiger partial charge in [0.15, 0.2) is 0 Å². The highest BCUT2D eigenvalue weighted by atomic mass is 16.3. The molecule has 3 N–H and O–H groups in total. The summed E-state index contributed by atoms with van der Waals surface area (Å²) in [7, 11) is 0. The quantitative estimate of drug-likeness (QED) is 0.864. The van der Waals surface area contributed by atoms with E-state index in [4.69, 9.17) is 5.73 Å². The fraction of sp³-hybridized carbons (Fsp3) is 0.600. The zero-order valence-electron chi connectivity index (χ0n) is 11.6. The molecule has 1 aliphatic heterocycles. The third kappa shape index (κ3) is 2.61. The van der Waals surface area contributed by atoms with Crippen molar-refractivity contribution >= 4 is 5.69 Å². The van der Waals surface area contributed by atoms with Gasteiger partial charge in [-0.15, -0.1) is 0 Å². The van der Waals surface area contributed by atoms with Gasteiger partial charge < -0.3 is 15.7 Å². The number of nitrogens with two attached hydrogens (primary N) is 1. The molecule has 2 atom stereocenters. The first-order chi connectivity index (χ1) is 8.49. The highest BCUT2D eigenvalue weighted by Gasteiger charge is 2.25. The molecule has 1 aromatic rings. The van der Waals surface area contributed by atoms with Gasteiger partial charge in [-0.1, -0.05) is 19.9 Å². The zero-order valence-corrected chi connectivity index (χ0v) is 11.6. The largest absolute Gasteiger partial charge is 0.508 e. The number of hydrogen-bond acceptors (Lipinski definition) is 3. The van der Waals surface area contributed by atoms with Crippen molar-refractivity contribution in [3.8, 4) is 5.75 Å². The lowest BCUT2D eigenvalue weighted by atomic mass is 9.95. The number of rotatable bonds is 3. The standard InChI is InChI=1S/C15H24N2O/c1-10(2)12-6-7-17(9-12)13-4-5-14(11(3)16)15(18)8-13/h4-5,8,10-12,18H,6-7,9,16H2,1-3H3. The summed E-state index contributed by atoms with van der Waals surface area (Å²) in [6.45, 7) is 8.63. The van der Waals surface area contributed by atoms with Crippen molar-refractivity contribution in [2.45, 2.75) is 33.2 Å². The molecule has 0 spiro atoms. The first-order valence-electron chi connectivity index (χ1n) is 6.82. The van der Waals surface area contributed by atoms with Gasteiger partial charge in [-0.05, 0) is 31.2 Å². The van der Waals surface area contributed by atoms with Crippen LogP contribution < -0.4 is 10.6 Å². The molecule has 0 aromatic heterocycles. The normalized spacial score (nSPS) is 21.6. The van der Waals surface area contributed by atoms with Gasteiger partial charge in [0.1, 0.15) is 5.75 Å². The van der Waals surface area contributed by atoms with E-state index in [1.54, 1.807) is 0 Å². The summed E-state index contributed by atoms with van der Waals surface area (Å²) in [5.41, 5.74) is 7.74. The predicted octanol–water partition coefficient (Wildman–Crippen LogP) is 2.89. The van der Waals surface area contributed by atoms with Crippen molar-refractivity contribution in [2.75, 3.05) is 18.0 Å². The van der Waals surface area contributed by atoms with Crippen LogP contribution in [0.1, 0.15) is 38.8 Å². The van der Waals surface area contributed by atoms with Gasteiger partial charge in [0.25, 0.3) is 0 Å². The number of benzene rings is 1. The summed E-state index contributed by atoms with van der Waals surface area (Å²) in [6.07, 6.45) is 1.24. The lowest BCUT2D eigenvalue weighted by Gasteiger charge is -2.21. The SMILES string of the molecule is CC(N)c1ccc(N2CCC(C(C)C)C2)cc1O. The first kappa shape index (κ1) is 13.2. The Morgan fingerprint density at radius 2 is 2.06 bits per heavy atom. The van der Waals surface area contributed by atoms with Crippen molar-refractivity contribution in [2.24, 2.45) is 17.6 Å². The molecule has 2 unspecified atom stereocenters. The Morgan fingerprint density at radius 1 is 1.33 bits per heavy atom. The monoisotopic (exact) mass is 248 g/mol. The van der Waals surface area contributed by atoms with Gasteiger partial charge in [0.05, 0.1) is 0 Å². The molecule has 3 nitrogen and oxygen atoms in total. The van der Waals surface area contributed by atoms with Crippen molar-refractivity contribution < 1.29 is 5.11 Å². The molecule has 0 aliphatic carbocycles.